The summed E-state index contributed by atoms with van der Waals surface area (Å²) in [5, 5.41) is 3.97. The topological polar surface area (TPSA) is 26.3 Å². The van der Waals surface area contributed by atoms with Crippen LogP contribution in [-0.4, -0.2) is 21.2 Å². The minimum Gasteiger partial charge on any atom is -0.468 e. The Bertz CT molecular complexity index is 1100. The van der Waals surface area contributed by atoms with Gasteiger partial charge < -0.3 is 4.74 Å². The molecule has 0 spiro atoms. The molecular weight excluding hydrogens is 408 g/mol. The van der Waals surface area contributed by atoms with E-state index in [1.807, 2.05) is 18.2 Å². The number of benzene rings is 4. The lowest BCUT2D eigenvalue weighted by atomic mass is 9.96. The summed E-state index contributed by atoms with van der Waals surface area (Å²) in [4.78, 5) is 13.4. The average molecular weight is 435 g/mol. The first kappa shape index (κ1) is 20.5. The first-order valence-electron chi connectivity index (χ1n) is 11.0. The summed E-state index contributed by atoms with van der Waals surface area (Å²) in [7, 11) is -1.08. The molecule has 0 amide bonds. The second-order valence-corrected chi connectivity index (χ2v) is 12.5. The number of hydrogen-bond acceptors (Lipinski definition) is 2. The van der Waals surface area contributed by atoms with Crippen molar-refractivity contribution in [3.8, 4) is 0 Å². The van der Waals surface area contributed by atoms with Crippen molar-refractivity contribution < 1.29 is 9.53 Å². The molecule has 1 fully saturated rings. The van der Waals surface area contributed by atoms with Gasteiger partial charge in [0.2, 0.25) is 0 Å². The number of carbonyl (C=O) groups is 1. The highest BCUT2D eigenvalue weighted by Gasteiger charge is 2.71. The van der Waals surface area contributed by atoms with Crippen molar-refractivity contribution in [2.75, 3.05) is 7.11 Å². The highest BCUT2D eigenvalue weighted by Crippen LogP contribution is 2.63. The fraction of sp³-hybridized carbons (Fsp3) is 0.138. The number of carbonyl (C=O) groups excluding carboxylic acids is 1. The van der Waals surface area contributed by atoms with Crippen molar-refractivity contribution in [2.45, 2.75) is 17.4 Å². The molecule has 32 heavy (non-hydrogen) atoms. The quantitative estimate of drug-likeness (QED) is 0.260. The second kappa shape index (κ2) is 8.25. The van der Waals surface area contributed by atoms with Crippen LogP contribution in [0.2, 0.25) is 5.54 Å². The molecule has 1 aliphatic carbocycles. The van der Waals surface area contributed by atoms with Gasteiger partial charge in [-0.3, -0.25) is 4.79 Å². The van der Waals surface area contributed by atoms with Crippen LogP contribution in [0.3, 0.4) is 0 Å². The summed E-state index contributed by atoms with van der Waals surface area (Å²) in [6.45, 7) is 0. The number of methoxy groups -OCH3 is 1. The lowest BCUT2D eigenvalue weighted by molar-refractivity contribution is -0.143. The normalized spacial score (nSPS) is 19.8. The van der Waals surface area contributed by atoms with E-state index < -0.39 is 13.5 Å². The van der Waals surface area contributed by atoms with E-state index >= 15 is 0 Å². The van der Waals surface area contributed by atoms with Crippen LogP contribution in [0.15, 0.2) is 121 Å². The van der Waals surface area contributed by atoms with E-state index in [0.717, 1.165) is 12.0 Å². The minimum atomic E-state index is -2.59. The maximum Gasteiger partial charge on any atom is 0.316 e. The maximum absolute atomic E-state index is 13.4. The molecule has 0 unspecified atom stereocenters. The molecule has 0 aromatic heterocycles. The third-order valence-corrected chi connectivity index (χ3v) is 12.5. The molecule has 1 saturated carbocycles. The molecule has 4 aromatic carbocycles. The molecule has 4 aromatic rings. The van der Waals surface area contributed by atoms with Crippen molar-refractivity contribution >= 4 is 29.6 Å². The summed E-state index contributed by atoms with van der Waals surface area (Å²) in [6, 6.07) is 42.6. The average Bonchev–Trinajstić information content (AvgIpc) is 3.64. The largest absolute Gasteiger partial charge is 0.468 e. The molecule has 5 rings (SSSR count). The van der Waals surface area contributed by atoms with E-state index in [1.165, 1.54) is 22.7 Å². The Morgan fingerprint density at radius 1 is 0.688 bits per heavy atom. The highest BCUT2D eigenvalue weighted by atomic mass is 28.3. The molecule has 0 aliphatic heterocycles. The third-order valence-electron chi connectivity index (χ3n) is 7.01. The zero-order valence-electron chi connectivity index (χ0n) is 18.1. The standard InChI is InChI=1S/C29H26O2Si/c1-31-28(30)29(23-14-6-2-7-15-23)22-27(29)32(24-16-8-3-9-17-24,25-18-10-4-11-19-25)26-20-12-5-13-21-26/h2-21,27H,22H2,1H3/t27-,29+/m1/s1. The van der Waals surface area contributed by atoms with Gasteiger partial charge >= 0.3 is 5.97 Å². The van der Waals surface area contributed by atoms with Gasteiger partial charge in [0.15, 0.2) is 8.07 Å². The summed E-state index contributed by atoms with van der Waals surface area (Å²) >= 11 is 0. The van der Waals surface area contributed by atoms with Gasteiger partial charge in [-0.15, -0.1) is 0 Å². The number of ether oxygens (including phenoxy) is 1. The van der Waals surface area contributed by atoms with Crippen LogP contribution in [-0.2, 0) is 14.9 Å². The van der Waals surface area contributed by atoms with Crippen molar-refractivity contribution in [2.24, 2.45) is 0 Å². The Morgan fingerprint density at radius 2 is 1.06 bits per heavy atom. The Balaban J connectivity index is 1.83. The van der Waals surface area contributed by atoms with E-state index in [1.54, 1.807) is 0 Å². The molecule has 3 heteroatoms. The summed E-state index contributed by atoms with van der Waals surface area (Å²) in [5.41, 5.74) is 0.567. The molecule has 0 heterocycles. The maximum atomic E-state index is 13.4. The van der Waals surface area contributed by atoms with E-state index in [4.69, 9.17) is 4.74 Å². The molecule has 0 radical (unpaired) electrons. The van der Waals surface area contributed by atoms with Crippen LogP contribution in [0.5, 0.6) is 0 Å². The molecule has 0 bridgehead atoms. The number of esters is 1. The van der Waals surface area contributed by atoms with E-state index in [2.05, 4.69) is 103 Å². The molecule has 158 valence electrons. The van der Waals surface area contributed by atoms with Crippen molar-refractivity contribution in [1.82, 2.24) is 0 Å². The minimum absolute atomic E-state index is 0.131. The van der Waals surface area contributed by atoms with E-state index in [9.17, 15) is 4.79 Å². The molecule has 2 atom stereocenters. The van der Waals surface area contributed by atoms with Crippen LogP contribution in [0.4, 0.5) is 0 Å². The van der Waals surface area contributed by atoms with E-state index in [0.29, 0.717) is 0 Å². The van der Waals surface area contributed by atoms with Gasteiger partial charge in [0.25, 0.3) is 0 Å². The lowest BCUT2D eigenvalue weighted by Crippen LogP contribution is -2.68. The van der Waals surface area contributed by atoms with Crippen LogP contribution in [0.1, 0.15) is 12.0 Å². The summed E-state index contributed by atoms with van der Waals surface area (Å²) in [6.07, 6.45) is 0.786. The van der Waals surface area contributed by atoms with E-state index in [-0.39, 0.29) is 11.5 Å². The van der Waals surface area contributed by atoms with Crippen molar-refractivity contribution in [3.05, 3.63) is 127 Å². The second-order valence-electron chi connectivity index (χ2n) is 8.49. The van der Waals surface area contributed by atoms with Crippen LogP contribution >= 0.6 is 0 Å². The highest BCUT2D eigenvalue weighted by molar-refractivity contribution is 7.13. The summed E-state index contributed by atoms with van der Waals surface area (Å²) in [5.74, 6) is -0.131. The van der Waals surface area contributed by atoms with Crippen LogP contribution in [0.25, 0.3) is 0 Å². The molecule has 0 N–H and O–H groups in total. The SMILES string of the molecule is COC(=O)[C@]1(c2ccccc2)C[C@H]1[Si](c1ccccc1)(c1ccccc1)c1ccccc1. The Hall–Kier alpha value is -3.43. The predicted molar refractivity (Wildman–Crippen MR) is 132 cm³/mol. The van der Waals surface area contributed by atoms with Gasteiger partial charge in [0.1, 0.15) is 0 Å². The van der Waals surface area contributed by atoms with Gasteiger partial charge in [0, 0.05) is 0 Å². The molecule has 0 saturated heterocycles. The summed E-state index contributed by atoms with van der Waals surface area (Å²) < 4.78 is 5.45. The molecular formula is C29H26O2Si. The van der Waals surface area contributed by atoms with Gasteiger partial charge in [-0.25, -0.2) is 0 Å². The fourth-order valence-electron chi connectivity index (χ4n) is 5.57. The van der Waals surface area contributed by atoms with Gasteiger partial charge in [-0.05, 0) is 33.1 Å². The third kappa shape index (κ3) is 3.04. The monoisotopic (exact) mass is 434 g/mol. The van der Waals surface area contributed by atoms with Crippen LogP contribution < -0.4 is 15.6 Å². The van der Waals surface area contributed by atoms with Gasteiger partial charge in [0.05, 0.1) is 12.5 Å². The van der Waals surface area contributed by atoms with Crippen LogP contribution in [0, 0.1) is 0 Å². The van der Waals surface area contributed by atoms with Gasteiger partial charge in [-0.2, -0.15) is 0 Å². The predicted octanol–water partition coefficient (Wildman–Crippen LogP) is 4.04. The molecule has 1 aliphatic rings. The lowest BCUT2D eigenvalue weighted by Gasteiger charge is -2.36. The Labute approximate surface area is 190 Å². The van der Waals surface area contributed by atoms with Gasteiger partial charge in [-0.1, -0.05) is 121 Å². The Kier molecular flexibility index (Phi) is 5.28. The number of hydrogen-bond donors (Lipinski definition) is 0. The zero-order valence-corrected chi connectivity index (χ0v) is 19.1. The smallest absolute Gasteiger partial charge is 0.316 e. The fourth-order valence-corrected chi connectivity index (χ4v) is 11.6. The zero-order chi connectivity index (χ0) is 22.0. The number of rotatable bonds is 6. The Morgan fingerprint density at radius 3 is 1.44 bits per heavy atom. The first-order valence-corrected chi connectivity index (χ1v) is 13.1. The first-order chi connectivity index (χ1) is 15.7. The molecule has 2 nitrogen and oxygen atoms in total. The van der Waals surface area contributed by atoms with Crippen molar-refractivity contribution in [3.63, 3.8) is 0 Å². The van der Waals surface area contributed by atoms with Crippen molar-refractivity contribution in [1.29, 1.82) is 0 Å².